The maximum Gasteiger partial charge on any atom is 0.181 e. The van der Waals surface area contributed by atoms with E-state index in [0.717, 1.165) is 28.7 Å². The molecule has 0 bridgehead atoms. The molecule has 0 spiro atoms. The van der Waals surface area contributed by atoms with Crippen LogP contribution in [0.3, 0.4) is 0 Å². The van der Waals surface area contributed by atoms with E-state index in [0.29, 0.717) is 12.1 Å². The predicted octanol–water partition coefficient (Wildman–Crippen LogP) is 2.43. The number of carbonyl (C=O) groups excluding carboxylic acids is 1. The van der Waals surface area contributed by atoms with Crippen LogP contribution >= 0.6 is 15.9 Å². The molecule has 3 nitrogen and oxygen atoms in total. The number of anilines is 1. The molecule has 0 atom stereocenters. The van der Waals surface area contributed by atoms with Crippen LogP contribution in [0.2, 0.25) is 0 Å². The number of nitrogens with zero attached hydrogens (tertiary/aromatic N) is 2. The SMILES string of the molecule is CN(C)c1nc2c(cc1Br)CCCC2=O. The minimum atomic E-state index is 0.173. The van der Waals surface area contributed by atoms with Gasteiger partial charge < -0.3 is 4.90 Å². The number of Topliss-reactive ketones (excluding diaryl/α,β-unsaturated/α-hetero) is 1. The highest BCUT2D eigenvalue weighted by molar-refractivity contribution is 9.10. The van der Waals surface area contributed by atoms with Crippen molar-refractivity contribution < 1.29 is 4.79 Å². The van der Waals surface area contributed by atoms with Gasteiger partial charge in [0, 0.05) is 20.5 Å². The number of aryl methyl sites for hydroxylation is 1. The summed E-state index contributed by atoms with van der Waals surface area (Å²) in [5, 5.41) is 0. The molecule has 0 saturated heterocycles. The summed E-state index contributed by atoms with van der Waals surface area (Å²) in [5.41, 5.74) is 1.73. The van der Waals surface area contributed by atoms with Crippen molar-refractivity contribution in [2.45, 2.75) is 19.3 Å². The second-order valence-corrected chi connectivity index (χ2v) is 4.83. The molecule has 0 N–H and O–H groups in total. The van der Waals surface area contributed by atoms with Crippen LogP contribution in [0.25, 0.3) is 0 Å². The smallest absolute Gasteiger partial charge is 0.181 e. The molecule has 0 saturated carbocycles. The van der Waals surface area contributed by atoms with E-state index < -0.39 is 0 Å². The zero-order chi connectivity index (χ0) is 11.0. The van der Waals surface area contributed by atoms with E-state index >= 15 is 0 Å². The third kappa shape index (κ3) is 1.91. The Kier molecular flexibility index (Phi) is 2.78. The van der Waals surface area contributed by atoms with Gasteiger partial charge in [0.2, 0.25) is 0 Å². The zero-order valence-electron chi connectivity index (χ0n) is 8.88. The lowest BCUT2D eigenvalue weighted by atomic mass is 9.95. The first kappa shape index (κ1) is 10.6. The summed E-state index contributed by atoms with van der Waals surface area (Å²) < 4.78 is 0.959. The minimum absolute atomic E-state index is 0.173. The van der Waals surface area contributed by atoms with Crippen LogP contribution in [-0.4, -0.2) is 24.9 Å². The van der Waals surface area contributed by atoms with Gasteiger partial charge in [-0.25, -0.2) is 4.98 Å². The topological polar surface area (TPSA) is 33.2 Å². The van der Waals surface area contributed by atoms with Gasteiger partial charge in [-0.3, -0.25) is 4.79 Å². The van der Waals surface area contributed by atoms with Crippen LogP contribution in [0.5, 0.6) is 0 Å². The number of hydrogen-bond acceptors (Lipinski definition) is 3. The number of carbonyl (C=O) groups is 1. The van der Waals surface area contributed by atoms with Crippen molar-refractivity contribution in [3.63, 3.8) is 0 Å². The second-order valence-electron chi connectivity index (χ2n) is 3.97. The van der Waals surface area contributed by atoms with Crippen LogP contribution in [-0.2, 0) is 6.42 Å². The van der Waals surface area contributed by atoms with Crippen molar-refractivity contribution in [1.82, 2.24) is 4.98 Å². The van der Waals surface area contributed by atoms with E-state index in [-0.39, 0.29) is 5.78 Å². The third-order valence-electron chi connectivity index (χ3n) is 2.57. The first-order valence-electron chi connectivity index (χ1n) is 4.99. The summed E-state index contributed by atoms with van der Waals surface area (Å²) in [7, 11) is 3.85. The maximum atomic E-state index is 11.7. The molecule has 0 unspecified atom stereocenters. The molecule has 1 aliphatic rings. The largest absolute Gasteiger partial charge is 0.362 e. The Labute approximate surface area is 97.6 Å². The van der Waals surface area contributed by atoms with Gasteiger partial charge in [-0.05, 0) is 40.4 Å². The molecule has 0 aromatic carbocycles. The number of aromatic nitrogens is 1. The fourth-order valence-electron chi connectivity index (χ4n) is 1.82. The highest BCUT2D eigenvalue weighted by Crippen LogP contribution is 2.29. The lowest BCUT2D eigenvalue weighted by Crippen LogP contribution is -2.18. The molecule has 2 rings (SSSR count). The monoisotopic (exact) mass is 268 g/mol. The van der Waals surface area contributed by atoms with Gasteiger partial charge in [0.25, 0.3) is 0 Å². The molecular formula is C11H13BrN2O. The highest BCUT2D eigenvalue weighted by atomic mass is 79.9. The van der Waals surface area contributed by atoms with Gasteiger partial charge >= 0.3 is 0 Å². The van der Waals surface area contributed by atoms with E-state index in [1.807, 2.05) is 25.1 Å². The standard InChI is InChI=1S/C11H13BrN2O/c1-14(2)11-8(12)6-7-4-3-5-9(15)10(7)13-11/h6H,3-5H2,1-2H3. The van der Waals surface area contributed by atoms with Crippen molar-refractivity contribution in [3.05, 3.63) is 21.8 Å². The van der Waals surface area contributed by atoms with Gasteiger partial charge in [0.05, 0.1) is 4.47 Å². The first-order chi connectivity index (χ1) is 7.09. The van der Waals surface area contributed by atoms with Gasteiger partial charge in [-0.2, -0.15) is 0 Å². The molecule has 0 amide bonds. The zero-order valence-corrected chi connectivity index (χ0v) is 10.5. The Morgan fingerprint density at radius 2 is 2.13 bits per heavy atom. The van der Waals surface area contributed by atoms with Crippen LogP contribution in [0.1, 0.15) is 28.9 Å². The normalized spacial score (nSPS) is 15.0. The number of ketones is 1. The molecule has 4 heteroatoms. The quantitative estimate of drug-likeness (QED) is 0.785. The molecule has 1 aliphatic carbocycles. The molecule has 15 heavy (non-hydrogen) atoms. The number of pyridine rings is 1. The summed E-state index contributed by atoms with van der Waals surface area (Å²) in [6, 6.07) is 2.02. The first-order valence-corrected chi connectivity index (χ1v) is 5.79. The number of fused-ring (bicyclic) bond motifs is 1. The summed E-state index contributed by atoms with van der Waals surface area (Å²) in [6.45, 7) is 0. The van der Waals surface area contributed by atoms with E-state index in [1.54, 1.807) is 0 Å². The molecule has 1 aromatic heterocycles. The Morgan fingerprint density at radius 3 is 2.80 bits per heavy atom. The van der Waals surface area contributed by atoms with Crippen molar-refractivity contribution in [1.29, 1.82) is 0 Å². The minimum Gasteiger partial charge on any atom is -0.362 e. The van der Waals surface area contributed by atoms with Gasteiger partial charge in [0.15, 0.2) is 5.78 Å². The third-order valence-corrected chi connectivity index (χ3v) is 3.16. The van der Waals surface area contributed by atoms with Gasteiger partial charge in [0.1, 0.15) is 11.5 Å². The number of halogens is 1. The van der Waals surface area contributed by atoms with Crippen LogP contribution < -0.4 is 4.90 Å². The van der Waals surface area contributed by atoms with E-state index in [2.05, 4.69) is 20.9 Å². The van der Waals surface area contributed by atoms with E-state index in [4.69, 9.17) is 0 Å². The second kappa shape index (κ2) is 3.93. The average molecular weight is 269 g/mol. The van der Waals surface area contributed by atoms with Gasteiger partial charge in [-0.15, -0.1) is 0 Å². The lowest BCUT2D eigenvalue weighted by Gasteiger charge is -2.19. The summed E-state index contributed by atoms with van der Waals surface area (Å²) in [6.07, 6.45) is 2.54. The van der Waals surface area contributed by atoms with Gasteiger partial charge in [-0.1, -0.05) is 0 Å². The molecule has 1 aromatic rings. The Morgan fingerprint density at radius 1 is 1.40 bits per heavy atom. The Hall–Kier alpha value is -0.900. The molecule has 80 valence electrons. The molecule has 1 heterocycles. The predicted molar refractivity (Wildman–Crippen MR) is 63.5 cm³/mol. The molecule has 0 radical (unpaired) electrons. The summed E-state index contributed by atoms with van der Waals surface area (Å²) in [4.78, 5) is 18.0. The number of rotatable bonds is 1. The van der Waals surface area contributed by atoms with Crippen LogP contribution in [0, 0.1) is 0 Å². The highest BCUT2D eigenvalue weighted by Gasteiger charge is 2.21. The van der Waals surface area contributed by atoms with E-state index in [1.165, 1.54) is 0 Å². The Balaban J connectivity index is 2.55. The number of hydrogen-bond donors (Lipinski definition) is 0. The average Bonchev–Trinajstić information content (AvgIpc) is 2.16. The molecule has 0 fully saturated rings. The lowest BCUT2D eigenvalue weighted by molar-refractivity contribution is 0.0967. The van der Waals surface area contributed by atoms with Crippen molar-refractivity contribution >= 4 is 27.5 Å². The van der Waals surface area contributed by atoms with Crippen LogP contribution in [0.15, 0.2) is 10.5 Å². The Bertz CT molecular complexity index is 415. The van der Waals surface area contributed by atoms with Crippen LogP contribution in [0.4, 0.5) is 5.82 Å². The fraction of sp³-hybridized carbons (Fsp3) is 0.455. The van der Waals surface area contributed by atoms with Crippen molar-refractivity contribution in [2.24, 2.45) is 0 Å². The van der Waals surface area contributed by atoms with E-state index in [9.17, 15) is 4.79 Å². The summed E-state index contributed by atoms with van der Waals surface area (Å²) in [5.74, 6) is 0.996. The van der Waals surface area contributed by atoms with Crippen molar-refractivity contribution in [3.8, 4) is 0 Å². The summed E-state index contributed by atoms with van der Waals surface area (Å²) >= 11 is 3.48. The maximum absolute atomic E-state index is 11.7. The molecule has 0 aliphatic heterocycles. The van der Waals surface area contributed by atoms with Crippen molar-refractivity contribution in [2.75, 3.05) is 19.0 Å². The fourth-order valence-corrected chi connectivity index (χ4v) is 2.54. The molecular weight excluding hydrogens is 256 g/mol.